The topological polar surface area (TPSA) is 49.5 Å². The third kappa shape index (κ3) is 4.07. The van der Waals surface area contributed by atoms with Crippen molar-refractivity contribution in [3.8, 4) is 0 Å². The quantitative estimate of drug-likeness (QED) is 0.672. The summed E-state index contributed by atoms with van der Waals surface area (Å²) in [5.41, 5.74) is 5.84. The molecule has 1 rings (SSSR count). The summed E-state index contributed by atoms with van der Waals surface area (Å²) in [7, 11) is 0. The van der Waals surface area contributed by atoms with E-state index in [9.17, 15) is 0 Å². The summed E-state index contributed by atoms with van der Waals surface area (Å²) in [5, 5.41) is 9.05. The average molecular weight is 186 g/mol. The maximum atomic E-state index is 9.05. The summed E-state index contributed by atoms with van der Waals surface area (Å²) in [5.74, 6) is 0.469. The van der Waals surface area contributed by atoms with Gasteiger partial charge in [-0.1, -0.05) is 0 Å². The molecule has 0 radical (unpaired) electrons. The number of piperidine rings is 1. The van der Waals surface area contributed by atoms with E-state index < -0.39 is 0 Å². The van der Waals surface area contributed by atoms with Gasteiger partial charge in [0.15, 0.2) is 0 Å². The minimum Gasteiger partial charge on any atom is -0.396 e. The molecule has 0 spiro atoms. The third-order valence-corrected chi connectivity index (χ3v) is 2.49. The van der Waals surface area contributed by atoms with E-state index in [4.69, 9.17) is 10.8 Å². The lowest BCUT2D eigenvalue weighted by atomic mass is 9.97. The van der Waals surface area contributed by atoms with Crippen molar-refractivity contribution in [2.45, 2.75) is 32.2 Å². The van der Waals surface area contributed by atoms with E-state index in [0.717, 1.165) is 26.1 Å². The van der Waals surface area contributed by atoms with Crippen molar-refractivity contribution in [1.82, 2.24) is 4.90 Å². The molecule has 1 aliphatic heterocycles. The number of hydrogen-bond donors (Lipinski definition) is 2. The van der Waals surface area contributed by atoms with E-state index in [1.165, 1.54) is 6.42 Å². The fraction of sp³-hybridized carbons (Fsp3) is 1.00. The summed E-state index contributed by atoms with van der Waals surface area (Å²) < 4.78 is 0. The van der Waals surface area contributed by atoms with Crippen molar-refractivity contribution in [3.63, 3.8) is 0 Å². The molecular formula is C10H22N2O. The fourth-order valence-corrected chi connectivity index (χ4v) is 2.02. The number of aliphatic hydroxyl groups is 1. The Labute approximate surface area is 80.9 Å². The fourth-order valence-electron chi connectivity index (χ4n) is 2.02. The van der Waals surface area contributed by atoms with Crippen molar-refractivity contribution in [2.24, 2.45) is 11.7 Å². The molecule has 3 nitrogen and oxygen atoms in total. The van der Waals surface area contributed by atoms with Crippen LogP contribution in [0.3, 0.4) is 0 Å². The standard InChI is InChI=1S/C10H22N2O/c1-10(2,11)8-12-5-3-4-9(6-12)7-13/h9,13H,3-8,11H2,1-2H3. The highest BCUT2D eigenvalue weighted by Gasteiger charge is 2.23. The molecule has 1 atom stereocenters. The molecule has 1 saturated heterocycles. The number of rotatable bonds is 3. The van der Waals surface area contributed by atoms with Crippen LogP contribution in [0, 0.1) is 5.92 Å². The van der Waals surface area contributed by atoms with E-state index in [2.05, 4.69) is 18.7 Å². The van der Waals surface area contributed by atoms with Gasteiger partial charge in [-0.05, 0) is 39.2 Å². The van der Waals surface area contributed by atoms with Crippen LogP contribution in [0.25, 0.3) is 0 Å². The number of likely N-dealkylation sites (tertiary alicyclic amines) is 1. The Morgan fingerprint density at radius 1 is 1.54 bits per heavy atom. The van der Waals surface area contributed by atoms with Crippen LogP contribution in [-0.2, 0) is 0 Å². The molecule has 1 heterocycles. The first-order chi connectivity index (χ1) is 6.01. The Bertz CT molecular complexity index is 153. The molecule has 0 aromatic carbocycles. The first kappa shape index (κ1) is 11.0. The molecule has 0 amide bonds. The second-order valence-electron chi connectivity index (χ2n) is 4.91. The predicted molar refractivity (Wildman–Crippen MR) is 54.5 cm³/mol. The Morgan fingerprint density at radius 2 is 2.23 bits per heavy atom. The molecule has 78 valence electrons. The highest BCUT2D eigenvalue weighted by Crippen LogP contribution is 2.17. The Balaban J connectivity index is 2.34. The lowest BCUT2D eigenvalue weighted by Gasteiger charge is -2.35. The molecule has 3 N–H and O–H groups in total. The van der Waals surface area contributed by atoms with Crippen LogP contribution in [0.5, 0.6) is 0 Å². The molecule has 13 heavy (non-hydrogen) atoms. The minimum atomic E-state index is -0.114. The number of nitrogens with zero attached hydrogens (tertiary/aromatic N) is 1. The Hall–Kier alpha value is -0.120. The Morgan fingerprint density at radius 3 is 2.77 bits per heavy atom. The first-order valence-corrected chi connectivity index (χ1v) is 5.13. The van der Waals surface area contributed by atoms with E-state index in [1.807, 2.05) is 0 Å². The highest BCUT2D eigenvalue weighted by atomic mass is 16.3. The molecule has 0 saturated carbocycles. The summed E-state index contributed by atoms with van der Waals surface area (Å²) in [6, 6.07) is 0. The molecule has 1 fully saturated rings. The number of hydrogen-bond acceptors (Lipinski definition) is 3. The van der Waals surface area contributed by atoms with Crippen molar-refractivity contribution >= 4 is 0 Å². The monoisotopic (exact) mass is 186 g/mol. The van der Waals surface area contributed by atoms with Gasteiger partial charge in [-0.3, -0.25) is 0 Å². The SMILES string of the molecule is CC(C)(N)CN1CCCC(CO)C1. The van der Waals surface area contributed by atoms with Crippen LogP contribution >= 0.6 is 0 Å². The van der Waals surface area contributed by atoms with Crippen LogP contribution in [0.1, 0.15) is 26.7 Å². The zero-order valence-electron chi connectivity index (χ0n) is 8.79. The van der Waals surface area contributed by atoms with Gasteiger partial charge in [0.25, 0.3) is 0 Å². The minimum absolute atomic E-state index is 0.114. The summed E-state index contributed by atoms with van der Waals surface area (Å²) in [6.45, 7) is 7.50. The van der Waals surface area contributed by atoms with Crippen LogP contribution in [0.2, 0.25) is 0 Å². The predicted octanol–water partition coefficient (Wildman–Crippen LogP) is 0.428. The van der Waals surface area contributed by atoms with Gasteiger partial charge < -0.3 is 15.7 Å². The molecule has 3 heteroatoms. The molecule has 1 aliphatic rings. The van der Waals surface area contributed by atoms with Gasteiger partial charge in [-0.15, -0.1) is 0 Å². The van der Waals surface area contributed by atoms with Crippen molar-refractivity contribution in [2.75, 3.05) is 26.2 Å². The zero-order chi connectivity index (χ0) is 9.90. The van der Waals surface area contributed by atoms with Gasteiger partial charge >= 0.3 is 0 Å². The van der Waals surface area contributed by atoms with E-state index in [-0.39, 0.29) is 5.54 Å². The maximum absolute atomic E-state index is 9.05. The van der Waals surface area contributed by atoms with Gasteiger partial charge in [0.2, 0.25) is 0 Å². The van der Waals surface area contributed by atoms with Crippen molar-refractivity contribution in [1.29, 1.82) is 0 Å². The summed E-state index contributed by atoms with van der Waals surface area (Å²) >= 11 is 0. The molecule has 0 aromatic heterocycles. The van der Waals surface area contributed by atoms with E-state index in [1.54, 1.807) is 0 Å². The first-order valence-electron chi connectivity index (χ1n) is 5.13. The lowest BCUT2D eigenvalue weighted by Crippen LogP contribution is -2.48. The van der Waals surface area contributed by atoms with Crippen LogP contribution in [0.4, 0.5) is 0 Å². The number of aliphatic hydroxyl groups excluding tert-OH is 1. The molecular weight excluding hydrogens is 164 g/mol. The van der Waals surface area contributed by atoms with Crippen LogP contribution in [0.15, 0.2) is 0 Å². The van der Waals surface area contributed by atoms with E-state index >= 15 is 0 Å². The largest absolute Gasteiger partial charge is 0.396 e. The highest BCUT2D eigenvalue weighted by molar-refractivity contribution is 4.81. The van der Waals surface area contributed by atoms with E-state index in [0.29, 0.717) is 12.5 Å². The Kier molecular flexibility index (Phi) is 3.71. The smallest absolute Gasteiger partial charge is 0.0471 e. The van der Waals surface area contributed by atoms with Crippen molar-refractivity contribution in [3.05, 3.63) is 0 Å². The third-order valence-electron chi connectivity index (χ3n) is 2.49. The summed E-state index contributed by atoms with van der Waals surface area (Å²) in [6.07, 6.45) is 2.36. The van der Waals surface area contributed by atoms with Crippen molar-refractivity contribution < 1.29 is 5.11 Å². The second kappa shape index (κ2) is 4.40. The number of nitrogens with two attached hydrogens (primary N) is 1. The zero-order valence-corrected chi connectivity index (χ0v) is 8.79. The van der Waals surface area contributed by atoms with Crippen LogP contribution in [-0.4, -0.2) is 41.8 Å². The second-order valence-corrected chi connectivity index (χ2v) is 4.91. The van der Waals surface area contributed by atoms with Gasteiger partial charge in [0, 0.05) is 25.2 Å². The molecule has 1 unspecified atom stereocenters. The molecule has 0 aliphatic carbocycles. The maximum Gasteiger partial charge on any atom is 0.0471 e. The average Bonchev–Trinajstić information content (AvgIpc) is 2.01. The van der Waals surface area contributed by atoms with Gasteiger partial charge in [0.05, 0.1) is 0 Å². The molecule has 0 aromatic rings. The molecule has 0 bridgehead atoms. The normalized spacial score (nSPS) is 26.3. The van der Waals surface area contributed by atoms with Gasteiger partial charge in [-0.25, -0.2) is 0 Å². The summed E-state index contributed by atoms with van der Waals surface area (Å²) in [4.78, 5) is 2.37. The van der Waals surface area contributed by atoms with Crippen LogP contribution < -0.4 is 5.73 Å². The van der Waals surface area contributed by atoms with Gasteiger partial charge in [-0.2, -0.15) is 0 Å². The van der Waals surface area contributed by atoms with Gasteiger partial charge in [0.1, 0.15) is 0 Å². The lowest BCUT2D eigenvalue weighted by molar-refractivity contribution is 0.107.